The number of nitrogens with zero attached hydrogens (tertiary/aromatic N) is 5. The third-order valence-electron chi connectivity index (χ3n) is 12.1. The van der Waals surface area contributed by atoms with Crippen molar-refractivity contribution in [3.63, 3.8) is 0 Å². The van der Waals surface area contributed by atoms with Crippen LogP contribution in [0, 0.1) is 0 Å². The highest BCUT2D eigenvalue weighted by atomic mass is 35.5. The van der Waals surface area contributed by atoms with Gasteiger partial charge in [0, 0.05) is 76.5 Å². The number of nitrogens with two attached hydrogens (primary N) is 1. The average molecular weight is 848 g/mol. The number of likely N-dealkylation sites (tertiary alicyclic amines) is 2. The number of halogens is 4. The Morgan fingerprint density at radius 2 is 1.63 bits per heavy atom. The Morgan fingerprint density at radius 3 is 2.34 bits per heavy atom. The van der Waals surface area contributed by atoms with Crippen LogP contribution in [0.25, 0.3) is 0 Å². The first kappa shape index (κ1) is 44.3. The Hall–Kier alpha value is -4.28. The molecule has 4 amide bonds. The molecule has 6 rings (SSSR count). The zero-order chi connectivity index (χ0) is 42.3. The van der Waals surface area contributed by atoms with Gasteiger partial charge in [0.05, 0.1) is 22.9 Å². The number of benzene rings is 2. The Bertz CT molecular complexity index is 1800. The number of piperazine rings is 1. The molecule has 0 aromatic heterocycles. The molecule has 1 unspecified atom stereocenters. The van der Waals surface area contributed by atoms with Gasteiger partial charge < -0.3 is 40.1 Å². The van der Waals surface area contributed by atoms with E-state index in [9.17, 15) is 32.3 Å². The molecule has 59 heavy (non-hydrogen) atoms. The summed E-state index contributed by atoms with van der Waals surface area (Å²) >= 11 is 6.16. The van der Waals surface area contributed by atoms with Gasteiger partial charge in [-0.3, -0.25) is 14.5 Å². The number of ether oxygens (including phenoxy) is 2. The normalized spacial score (nSPS) is 20.7. The first-order valence-electron chi connectivity index (χ1n) is 20.9. The molecule has 17 heteroatoms. The number of anilines is 2. The van der Waals surface area contributed by atoms with Crippen molar-refractivity contribution >= 4 is 47.0 Å². The van der Waals surface area contributed by atoms with Crippen molar-refractivity contribution in [1.29, 1.82) is 0 Å². The number of urea groups is 1. The maximum absolute atomic E-state index is 14.3. The van der Waals surface area contributed by atoms with Crippen molar-refractivity contribution in [3.8, 4) is 0 Å². The molecule has 0 aliphatic carbocycles. The monoisotopic (exact) mass is 847 g/mol. The van der Waals surface area contributed by atoms with Crippen molar-refractivity contribution < 1.29 is 41.8 Å². The molecule has 4 heterocycles. The predicted octanol–water partition coefficient (Wildman–Crippen LogP) is 6.27. The molecule has 0 bridgehead atoms. The minimum absolute atomic E-state index is 0.00149. The van der Waals surface area contributed by atoms with Gasteiger partial charge in [-0.25, -0.2) is 9.59 Å². The molecule has 324 valence electrons. The summed E-state index contributed by atoms with van der Waals surface area (Å²) < 4.78 is 53.5. The van der Waals surface area contributed by atoms with Crippen LogP contribution in [0.1, 0.15) is 75.0 Å². The number of fused-ring (bicyclic) bond motifs is 1. The number of alkyl halides is 3. The molecule has 2 atom stereocenters. The number of hydrogen-bond donors (Lipinski definition) is 2. The lowest BCUT2D eigenvalue weighted by Gasteiger charge is -2.45. The van der Waals surface area contributed by atoms with Gasteiger partial charge in [-0.2, -0.15) is 13.2 Å². The van der Waals surface area contributed by atoms with Crippen LogP contribution in [0.3, 0.4) is 0 Å². The fraction of sp³-hybridized carbons (Fsp3) is 0.619. The van der Waals surface area contributed by atoms with Gasteiger partial charge in [0.15, 0.2) is 6.10 Å². The number of unbranched alkanes of at least 4 members (excludes halogenated alkanes) is 3. The number of likely N-dealkylation sites (N-methyl/N-ethyl adjacent to an activating group) is 1. The van der Waals surface area contributed by atoms with Gasteiger partial charge in [-0.15, -0.1) is 0 Å². The van der Waals surface area contributed by atoms with Crippen molar-refractivity contribution in [2.24, 2.45) is 0 Å². The highest BCUT2D eigenvalue weighted by molar-refractivity contribution is 6.33. The number of amides is 4. The molecule has 0 radical (unpaired) electrons. The van der Waals surface area contributed by atoms with Crippen LogP contribution >= 0.6 is 11.6 Å². The number of carbonyl (C=O) groups is 4. The van der Waals surface area contributed by atoms with Crippen LogP contribution in [-0.4, -0.2) is 139 Å². The van der Waals surface area contributed by atoms with Gasteiger partial charge in [0.2, 0.25) is 0 Å². The van der Waals surface area contributed by atoms with Crippen LogP contribution in [-0.2, 0) is 38.1 Å². The van der Waals surface area contributed by atoms with Crippen LogP contribution in [0.15, 0.2) is 36.4 Å². The Morgan fingerprint density at radius 1 is 0.932 bits per heavy atom. The van der Waals surface area contributed by atoms with Crippen molar-refractivity contribution in [2.75, 3.05) is 77.1 Å². The van der Waals surface area contributed by atoms with E-state index in [4.69, 9.17) is 26.8 Å². The number of rotatable bonds is 12. The lowest BCUT2D eigenvalue weighted by atomic mass is 9.97. The molecule has 3 N–H and O–H groups in total. The highest BCUT2D eigenvalue weighted by Crippen LogP contribution is 2.38. The second-order valence-corrected chi connectivity index (χ2v) is 16.6. The molecule has 3 fully saturated rings. The summed E-state index contributed by atoms with van der Waals surface area (Å²) in [5.74, 6) is -0.779. The predicted molar refractivity (Wildman–Crippen MR) is 218 cm³/mol. The molecular weight excluding hydrogens is 791 g/mol. The first-order chi connectivity index (χ1) is 28.2. The van der Waals surface area contributed by atoms with E-state index in [1.165, 1.54) is 11.0 Å². The Kier molecular flexibility index (Phi) is 14.9. The topological polar surface area (TPSA) is 141 Å². The molecule has 0 spiro atoms. The molecule has 3 saturated heterocycles. The van der Waals surface area contributed by atoms with Gasteiger partial charge in [-0.1, -0.05) is 56.0 Å². The van der Waals surface area contributed by atoms with Crippen molar-refractivity contribution in [1.82, 2.24) is 24.5 Å². The number of esters is 1. The van der Waals surface area contributed by atoms with E-state index in [-0.39, 0.29) is 54.2 Å². The summed E-state index contributed by atoms with van der Waals surface area (Å²) in [6.07, 6.45) is -0.646. The van der Waals surface area contributed by atoms with E-state index >= 15 is 0 Å². The van der Waals surface area contributed by atoms with E-state index in [1.807, 2.05) is 31.3 Å². The fourth-order valence-corrected chi connectivity index (χ4v) is 8.96. The zero-order valence-electron chi connectivity index (χ0n) is 34.0. The molecule has 2 aromatic carbocycles. The van der Waals surface area contributed by atoms with Crippen LogP contribution in [0.4, 0.5) is 34.1 Å². The lowest BCUT2D eigenvalue weighted by molar-refractivity contribution is -0.155. The number of nitrogens with one attached hydrogen (secondary N) is 1. The highest BCUT2D eigenvalue weighted by Gasteiger charge is 2.41. The summed E-state index contributed by atoms with van der Waals surface area (Å²) in [6, 6.07) is 9.00. The van der Waals surface area contributed by atoms with Gasteiger partial charge >= 0.3 is 24.3 Å². The Balaban J connectivity index is 1.11. The van der Waals surface area contributed by atoms with Gasteiger partial charge in [-0.05, 0) is 74.9 Å². The van der Waals surface area contributed by atoms with Crippen LogP contribution in [0.2, 0.25) is 5.02 Å². The molecule has 2 aromatic rings. The number of para-hydroxylation sites is 1. The van der Waals surface area contributed by atoms with E-state index < -0.39 is 41.6 Å². The first-order valence-corrected chi connectivity index (χ1v) is 21.3. The largest absolute Gasteiger partial charge is 0.464 e. The lowest BCUT2D eigenvalue weighted by Crippen LogP contribution is -2.61. The van der Waals surface area contributed by atoms with Crippen molar-refractivity contribution in [2.45, 2.75) is 102 Å². The summed E-state index contributed by atoms with van der Waals surface area (Å²) in [5, 5.41) is 2.66. The van der Waals surface area contributed by atoms with E-state index in [2.05, 4.69) is 22.0 Å². The minimum Gasteiger partial charge on any atom is -0.464 e. The molecule has 4 aliphatic rings. The third kappa shape index (κ3) is 11.1. The number of piperidine rings is 2. The maximum atomic E-state index is 14.3. The summed E-state index contributed by atoms with van der Waals surface area (Å²) in [4.78, 5) is 63.6. The summed E-state index contributed by atoms with van der Waals surface area (Å²) in [6.45, 7) is 6.11. The number of hydrogen-bond acceptors (Lipinski definition) is 9. The quantitative estimate of drug-likeness (QED) is 0.144. The fourth-order valence-electron chi connectivity index (χ4n) is 8.71. The smallest absolute Gasteiger partial charge is 0.418 e. The zero-order valence-corrected chi connectivity index (χ0v) is 34.7. The summed E-state index contributed by atoms with van der Waals surface area (Å²) in [5.41, 5.74) is 5.80. The van der Waals surface area contributed by atoms with Crippen LogP contribution < -0.4 is 11.1 Å². The van der Waals surface area contributed by atoms with Crippen LogP contribution in [0.5, 0.6) is 0 Å². The summed E-state index contributed by atoms with van der Waals surface area (Å²) in [7, 11) is 1.98. The van der Waals surface area contributed by atoms with E-state index in [0.29, 0.717) is 71.4 Å². The van der Waals surface area contributed by atoms with Gasteiger partial charge in [0.25, 0.3) is 5.91 Å². The van der Waals surface area contributed by atoms with E-state index in [1.54, 1.807) is 9.80 Å². The Labute approximate surface area is 349 Å². The maximum Gasteiger partial charge on any atom is 0.418 e. The average Bonchev–Trinajstić information content (AvgIpc) is 3.39. The minimum atomic E-state index is -4.80. The van der Waals surface area contributed by atoms with Gasteiger partial charge in [0.1, 0.15) is 6.04 Å². The number of carbonyl (C=O) groups excluding carboxylic acids is 4. The van der Waals surface area contributed by atoms with Crippen molar-refractivity contribution in [3.05, 3.63) is 58.1 Å². The SMILES string of the molecule is CCCCCCOC(=O)[C@@H]1CN(C)CCN1C1CCN(C(=O)C(Cc2cc(Cl)c(N)c(C(F)(F)F)c2)OC(=O)N2CCC(N3CCc4ccccc4NC3=O)CC2)CC1. The second-order valence-electron chi connectivity index (χ2n) is 16.2. The molecular formula is C42H57ClF3N7O6. The molecule has 0 saturated carbocycles. The number of nitrogen functional groups attached to an aromatic ring is 1. The molecule has 4 aliphatic heterocycles. The standard InChI is InChI=1S/C42H57ClF3N7O6/c1-3-4-5-8-23-58-39(55)35-27-49(2)21-22-52(35)30-12-16-50(17-13-30)38(54)36(26-28-24-32(42(44,45)46)37(47)33(43)25-28)59-41(57)51-18-14-31(15-19-51)53-20-11-29-9-6-7-10-34(29)48-40(53)56/h6-7,9-10,24-25,30-31,35-36H,3-5,8,11-23,26-27,47H2,1-2H3,(H,48,56)/t35-,36?/m0/s1. The third-order valence-corrected chi connectivity index (χ3v) is 12.4. The van der Waals surface area contributed by atoms with E-state index in [0.717, 1.165) is 49.5 Å². The molecule has 13 nitrogen and oxygen atoms in total. The second kappa shape index (κ2) is 19.9.